The Hall–Kier alpha value is -1.33. The predicted octanol–water partition coefficient (Wildman–Crippen LogP) is 2.46. The molecule has 4 nitrogen and oxygen atoms in total. The molecular weight excluding hydrogens is 250 g/mol. The number of hydrogen-bond donors (Lipinski definition) is 1. The van der Waals surface area contributed by atoms with Crippen molar-refractivity contribution in [1.29, 1.82) is 0 Å². The van der Waals surface area contributed by atoms with Crippen LogP contribution >= 0.6 is 11.3 Å². The van der Waals surface area contributed by atoms with E-state index in [0.717, 1.165) is 34.6 Å². The van der Waals surface area contributed by atoms with Gasteiger partial charge in [-0.2, -0.15) is 0 Å². The third kappa shape index (κ3) is 1.74. The minimum Gasteiger partial charge on any atom is -0.493 e. The maximum atomic E-state index is 11.4. The first kappa shape index (κ1) is 11.7. The summed E-state index contributed by atoms with van der Waals surface area (Å²) in [7, 11) is 1.60. The molecule has 1 atom stereocenters. The van der Waals surface area contributed by atoms with Gasteiger partial charge < -0.3 is 14.5 Å². The second-order valence-electron chi connectivity index (χ2n) is 4.82. The molecule has 1 N–H and O–H groups in total. The third-order valence-electron chi connectivity index (χ3n) is 3.63. The van der Waals surface area contributed by atoms with Gasteiger partial charge >= 0.3 is 4.94 Å². The highest BCUT2D eigenvalue weighted by atomic mass is 32.1. The Kier molecular flexibility index (Phi) is 2.68. The summed E-state index contributed by atoms with van der Waals surface area (Å²) in [6, 6.07) is 4.00. The molecule has 0 saturated carbocycles. The molecule has 2 aromatic rings. The second-order valence-corrected chi connectivity index (χ2v) is 5.80. The van der Waals surface area contributed by atoms with Gasteiger partial charge in [-0.15, -0.1) is 0 Å². The molecule has 0 aliphatic carbocycles. The Bertz CT molecular complexity index is 637. The van der Waals surface area contributed by atoms with Crippen molar-refractivity contribution in [3.05, 3.63) is 27.4 Å². The Morgan fingerprint density at radius 2 is 2.33 bits per heavy atom. The SMILES string of the molecule is COc1cc(C2(C)CCCN2)cc2sc(=O)oc12. The number of hydrogen-bond acceptors (Lipinski definition) is 5. The lowest BCUT2D eigenvalue weighted by Crippen LogP contribution is -2.33. The summed E-state index contributed by atoms with van der Waals surface area (Å²) in [4.78, 5) is 11.1. The molecule has 1 aromatic heterocycles. The molecular formula is C13H15NO3S. The lowest BCUT2D eigenvalue weighted by Gasteiger charge is -2.25. The summed E-state index contributed by atoms with van der Waals surface area (Å²) in [6.07, 6.45) is 2.26. The molecule has 1 fully saturated rings. The maximum Gasteiger partial charge on any atom is 0.396 e. The fourth-order valence-electron chi connectivity index (χ4n) is 2.56. The van der Waals surface area contributed by atoms with Crippen LogP contribution in [0.25, 0.3) is 10.3 Å². The van der Waals surface area contributed by atoms with Crippen LogP contribution in [0.5, 0.6) is 5.75 Å². The summed E-state index contributed by atoms with van der Waals surface area (Å²) in [6.45, 7) is 3.21. The van der Waals surface area contributed by atoms with Crippen LogP contribution in [0.2, 0.25) is 0 Å². The number of nitrogens with one attached hydrogen (secondary N) is 1. The normalized spacial score (nSPS) is 23.7. The molecule has 1 aliphatic heterocycles. The summed E-state index contributed by atoms with van der Waals surface area (Å²) < 4.78 is 11.3. The van der Waals surface area contributed by atoms with Crippen molar-refractivity contribution >= 4 is 21.6 Å². The highest BCUT2D eigenvalue weighted by Crippen LogP contribution is 2.37. The first-order valence-electron chi connectivity index (χ1n) is 5.99. The van der Waals surface area contributed by atoms with Gasteiger partial charge in [0.25, 0.3) is 0 Å². The third-order valence-corrected chi connectivity index (χ3v) is 4.40. The largest absolute Gasteiger partial charge is 0.493 e. The fraction of sp³-hybridized carbons (Fsp3) is 0.462. The predicted molar refractivity (Wildman–Crippen MR) is 71.5 cm³/mol. The maximum absolute atomic E-state index is 11.4. The molecule has 3 rings (SSSR count). The van der Waals surface area contributed by atoms with E-state index in [0.29, 0.717) is 11.3 Å². The van der Waals surface area contributed by atoms with Crippen molar-refractivity contribution in [2.24, 2.45) is 0 Å². The van der Waals surface area contributed by atoms with Crippen LogP contribution in [-0.4, -0.2) is 13.7 Å². The van der Waals surface area contributed by atoms with Crippen molar-refractivity contribution in [1.82, 2.24) is 5.32 Å². The van der Waals surface area contributed by atoms with E-state index < -0.39 is 0 Å². The molecule has 96 valence electrons. The summed E-state index contributed by atoms with van der Waals surface area (Å²) in [5.41, 5.74) is 1.67. The van der Waals surface area contributed by atoms with Gasteiger partial charge in [0.05, 0.1) is 11.8 Å². The van der Waals surface area contributed by atoms with Crippen molar-refractivity contribution in [3.63, 3.8) is 0 Å². The molecule has 18 heavy (non-hydrogen) atoms. The first-order valence-corrected chi connectivity index (χ1v) is 6.81. The minimum atomic E-state index is -0.287. The van der Waals surface area contributed by atoms with Crippen molar-refractivity contribution in [2.45, 2.75) is 25.3 Å². The van der Waals surface area contributed by atoms with Gasteiger partial charge in [-0.25, -0.2) is 4.79 Å². The average molecular weight is 265 g/mol. The van der Waals surface area contributed by atoms with Gasteiger partial charge in [0.1, 0.15) is 0 Å². The topological polar surface area (TPSA) is 51.5 Å². The zero-order valence-electron chi connectivity index (χ0n) is 10.4. The number of benzene rings is 1. The van der Waals surface area contributed by atoms with Crippen LogP contribution in [-0.2, 0) is 5.54 Å². The zero-order valence-corrected chi connectivity index (χ0v) is 11.2. The quantitative estimate of drug-likeness (QED) is 0.906. The molecule has 0 amide bonds. The Morgan fingerprint density at radius 3 is 3.00 bits per heavy atom. The standard InChI is InChI=1S/C13H15NO3S/c1-13(4-3-5-14-13)8-6-9(16-2)11-10(7-8)18-12(15)17-11/h6-7,14H,3-5H2,1-2H3. The van der Waals surface area contributed by atoms with Gasteiger partial charge in [0.15, 0.2) is 11.3 Å². The van der Waals surface area contributed by atoms with E-state index >= 15 is 0 Å². The van der Waals surface area contributed by atoms with Crippen molar-refractivity contribution < 1.29 is 9.15 Å². The van der Waals surface area contributed by atoms with Crippen LogP contribution in [0.1, 0.15) is 25.3 Å². The molecule has 2 heterocycles. The number of ether oxygens (including phenoxy) is 1. The van der Waals surface area contributed by atoms with E-state index in [4.69, 9.17) is 9.15 Å². The molecule has 1 unspecified atom stereocenters. The second kappa shape index (κ2) is 4.10. The van der Waals surface area contributed by atoms with Crippen LogP contribution in [0.3, 0.4) is 0 Å². The van der Waals surface area contributed by atoms with Crippen LogP contribution in [0, 0.1) is 0 Å². The smallest absolute Gasteiger partial charge is 0.396 e. The highest BCUT2D eigenvalue weighted by molar-refractivity contribution is 7.16. The summed E-state index contributed by atoms with van der Waals surface area (Å²) in [5.74, 6) is 0.635. The molecule has 0 bridgehead atoms. The zero-order chi connectivity index (χ0) is 12.8. The molecule has 1 aromatic carbocycles. The van der Waals surface area contributed by atoms with Crippen LogP contribution in [0.4, 0.5) is 0 Å². The monoisotopic (exact) mass is 265 g/mol. The average Bonchev–Trinajstić information content (AvgIpc) is 2.93. The van der Waals surface area contributed by atoms with Crippen molar-refractivity contribution in [2.75, 3.05) is 13.7 Å². The lowest BCUT2D eigenvalue weighted by molar-refractivity contribution is 0.400. The Morgan fingerprint density at radius 1 is 1.50 bits per heavy atom. The van der Waals surface area contributed by atoms with Gasteiger partial charge in [0.2, 0.25) is 0 Å². The van der Waals surface area contributed by atoms with E-state index in [1.165, 1.54) is 6.42 Å². The van der Waals surface area contributed by atoms with E-state index in [1.807, 2.05) is 12.1 Å². The summed E-state index contributed by atoms with van der Waals surface area (Å²) >= 11 is 1.12. The van der Waals surface area contributed by atoms with E-state index in [1.54, 1.807) is 7.11 Å². The first-order chi connectivity index (χ1) is 8.62. The van der Waals surface area contributed by atoms with E-state index in [-0.39, 0.29) is 10.5 Å². The fourth-order valence-corrected chi connectivity index (χ4v) is 3.28. The number of fused-ring (bicyclic) bond motifs is 1. The van der Waals surface area contributed by atoms with Gasteiger partial charge in [0, 0.05) is 5.54 Å². The molecule has 1 saturated heterocycles. The van der Waals surface area contributed by atoms with Crippen molar-refractivity contribution in [3.8, 4) is 5.75 Å². The minimum absolute atomic E-state index is 0.0332. The van der Waals surface area contributed by atoms with Gasteiger partial charge in [-0.05, 0) is 44.0 Å². The van der Waals surface area contributed by atoms with Gasteiger partial charge in [-0.3, -0.25) is 0 Å². The van der Waals surface area contributed by atoms with Crippen LogP contribution in [0.15, 0.2) is 21.3 Å². The number of rotatable bonds is 2. The Balaban J connectivity index is 2.21. The molecule has 0 radical (unpaired) electrons. The van der Waals surface area contributed by atoms with Crippen LogP contribution < -0.4 is 15.0 Å². The van der Waals surface area contributed by atoms with E-state index in [9.17, 15) is 4.79 Å². The lowest BCUT2D eigenvalue weighted by atomic mass is 9.90. The van der Waals surface area contributed by atoms with Gasteiger partial charge in [-0.1, -0.05) is 11.3 Å². The Labute approximate surface area is 109 Å². The highest BCUT2D eigenvalue weighted by Gasteiger charge is 2.31. The summed E-state index contributed by atoms with van der Waals surface area (Å²) in [5, 5.41) is 3.51. The molecule has 0 spiro atoms. The number of methoxy groups -OCH3 is 1. The molecule has 5 heteroatoms. The van der Waals surface area contributed by atoms with E-state index in [2.05, 4.69) is 12.2 Å². The molecule has 1 aliphatic rings.